The van der Waals surface area contributed by atoms with Gasteiger partial charge in [0.1, 0.15) is 0 Å². The van der Waals surface area contributed by atoms with Gasteiger partial charge in [-0.05, 0) is 24.0 Å². The Bertz CT molecular complexity index is 570. The Hall–Kier alpha value is -2.01. The van der Waals surface area contributed by atoms with Crippen molar-refractivity contribution < 1.29 is 4.92 Å². The van der Waals surface area contributed by atoms with Crippen LogP contribution < -0.4 is 5.32 Å². The monoisotopic (exact) mass is 274 g/mol. The van der Waals surface area contributed by atoms with E-state index < -0.39 is 0 Å². The predicted molar refractivity (Wildman–Crippen MR) is 78.6 cm³/mol. The highest BCUT2D eigenvalue weighted by atomic mass is 32.2. The number of nitrogens with one attached hydrogen (secondary N) is 1. The standard InChI is InChI=1S/C14H14N2O2S/c1-19-14-5-3-2-4-13(14)15-10-11-6-8-12(9-7-11)16(17)18/h2-9,15H,10H2,1H3. The van der Waals surface area contributed by atoms with Crippen LogP contribution in [-0.2, 0) is 6.54 Å². The van der Waals surface area contributed by atoms with Crippen LogP contribution in [0.1, 0.15) is 5.56 Å². The number of nitro benzene ring substituents is 1. The molecule has 0 amide bonds. The van der Waals surface area contributed by atoms with Crippen LogP contribution in [0.5, 0.6) is 0 Å². The van der Waals surface area contributed by atoms with Crippen molar-refractivity contribution in [3.8, 4) is 0 Å². The summed E-state index contributed by atoms with van der Waals surface area (Å²) in [6.45, 7) is 0.648. The zero-order chi connectivity index (χ0) is 13.7. The van der Waals surface area contributed by atoms with Gasteiger partial charge in [0.15, 0.2) is 0 Å². The van der Waals surface area contributed by atoms with Gasteiger partial charge >= 0.3 is 0 Å². The molecule has 2 aromatic carbocycles. The largest absolute Gasteiger partial charge is 0.380 e. The SMILES string of the molecule is CSc1ccccc1NCc1ccc([N+](=O)[O-])cc1. The average Bonchev–Trinajstić information content (AvgIpc) is 2.45. The molecule has 98 valence electrons. The van der Waals surface area contributed by atoms with Crippen molar-refractivity contribution >= 4 is 23.1 Å². The molecule has 0 aliphatic rings. The van der Waals surface area contributed by atoms with Gasteiger partial charge in [-0.15, -0.1) is 11.8 Å². The second-order valence-corrected chi connectivity index (χ2v) is 4.83. The molecule has 2 rings (SSSR count). The van der Waals surface area contributed by atoms with E-state index in [4.69, 9.17) is 0 Å². The second kappa shape index (κ2) is 6.24. The lowest BCUT2D eigenvalue weighted by molar-refractivity contribution is -0.384. The zero-order valence-corrected chi connectivity index (χ0v) is 11.3. The van der Waals surface area contributed by atoms with E-state index in [1.54, 1.807) is 23.9 Å². The third kappa shape index (κ3) is 3.48. The number of hydrogen-bond donors (Lipinski definition) is 1. The number of hydrogen-bond acceptors (Lipinski definition) is 4. The number of nitrogens with zero attached hydrogens (tertiary/aromatic N) is 1. The van der Waals surface area contributed by atoms with E-state index in [1.165, 1.54) is 17.0 Å². The summed E-state index contributed by atoms with van der Waals surface area (Å²) >= 11 is 1.69. The van der Waals surface area contributed by atoms with Gasteiger partial charge in [-0.25, -0.2) is 0 Å². The highest BCUT2D eigenvalue weighted by Gasteiger charge is 2.04. The first-order valence-electron chi connectivity index (χ1n) is 5.81. The van der Waals surface area contributed by atoms with Crippen molar-refractivity contribution in [2.75, 3.05) is 11.6 Å². The number of non-ortho nitro benzene ring substituents is 1. The quantitative estimate of drug-likeness (QED) is 0.510. The molecule has 19 heavy (non-hydrogen) atoms. The Labute approximate surface area is 116 Å². The summed E-state index contributed by atoms with van der Waals surface area (Å²) in [5.74, 6) is 0. The number of anilines is 1. The average molecular weight is 274 g/mol. The second-order valence-electron chi connectivity index (χ2n) is 3.98. The summed E-state index contributed by atoms with van der Waals surface area (Å²) < 4.78 is 0. The number of rotatable bonds is 5. The predicted octanol–water partition coefficient (Wildman–Crippen LogP) is 3.93. The minimum absolute atomic E-state index is 0.119. The third-order valence-corrected chi connectivity index (χ3v) is 3.53. The summed E-state index contributed by atoms with van der Waals surface area (Å²) in [5.41, 5.74) is 2.21. The van der Waals surface area contributed by atoms with Gasteiger partial charge in [0.2, 0.25) is 0 Å². The maximum Gasteiger partial charge on any atom is 0.269 e. The Kier molecular flexibility index (Phi) is 4.41. The molecular weight excluding hydrogens is 260 g/mol. The van der Waals surface area contributed by atoms with Gasteiger partial charge in [0.05, 0.1) is 4.92 Å². The summed E-state index contributed by atoms with van der Waals surface area (Å²) in [4.78, 5) is 11.4. The van der Waals surface area contributed by atoms with E-state index in [9.17, 15) is 10.1 Å². The van der Waals surface area contributed by atoms with Gasteiger partial charge in [0.25, 0.3) is 5.69 Å². The Morgan fingerprint density at radius 3 is 2.47 bits per heavy atom. The van der Waals surface area contributed by atoms with Crippen LogP contribution in [0.2, 0.25) is 0 Å². The molecule has 0 saturated heterocycles. The molecule has 0 unspecified atom stereocenters. The lowest BCUT2D eigenvalue weighted by Gasteiger charge is -2.10. The fraction of sp³-hybridized carbons (Fsp3) is 0.143. The van der Waals surface area contributed by atoms with Crippen LogP contribution in [0.25, 0.3) is 0 Å². The highest BCUT2D eigenvalue weighted by Crippen LogP contribution is 2.25. The van der Waals surface area contributed by atoms with E-state index in [-0.39, 0.29) is 10.6 Å². The molecule has 0 heterocycles. The van der Waals surface area contributed by atoms with E-state index in [0.29, 0.717) is 6.54 Å². The number of benzene rings is 2. The van der Waals surface area contributed by atoms with Crippen molar-refractivity contribution in [1.29, 1.82) is 0 Å². The molecule has 5 heteroatoms. The first-order valence-corrected chi connectivity index (χ1v) is 7.03. The van der Waals surface area contributed by atoms with E-state index in [2.05, 4.69) is 11.4 Å². The molecule has 0 fully saturated rings. The lowest BCUT2D eigenvalue weighted by atomic mass is 10.2. The maximum absolute atomic E-state index is 10.6. The number of nitro groups is 1. The van der Waals surface area contributed by atoms with Crippen LogP contribution in [0.3, 0.4) is 0 Å². The van der Waals surface area contributed by atoms with Crippen LogP contribution in [0, 0.1) is 10.1 Å². The van der Waals surface area contributed by atoms with Crippen molar-refractivity contribution in [3.05, 3.63) is 64.2 Å². The number of thioether (sulfide) groups is 1. The zero-order valence-electron chi connectivity index (χ0n) is 10.5. The summed E-state index contributed by atoms with van der Waals surface area (Å²) in [7, 11) is 0. The number of para-hydroxylation sites is 1. The van der Waals surface area contributed by atoms with Gasteiger partial charge in [-0.3, -0.25) is 10.1 Å². The smallest absolute Gasteiger partial charge is 0.269 e. The Balaban J connectivity index is 2.04. The molecule has 0 saturated carbocycles. The molecule has 2 aromatic rings. The molecule has 0 radical (unpaired) electrons. The van der Waals surface area contributed by atoms with E-state index in [0.717, 1.165) is 11.3 Å². The van der Waals surface area contributed by atoms with Crippen molar-refractivity contribution in [1.82, 2.24) is 0 Å². The summed E-state index contributed by atoms with van der Waals surface area (Å²) in [6, 6.07) is 14.7. The Morgan fingerprint density at radius 1 is 1.16 bits per heavy atom. The normalized spacial score (nSPS) is 10.2. The molecular formula is C14H14N2O2S. The van der Waals surface area contributed by atoms with E-state index in [1.807, 2.05) is 24.5 Å². The van der Waals surface area contributed by atoms with Crippen molar-refractivity contribution in [2.45, 2.75) is 11.4 Å². The van der Waals surface area contributed by atoms with Crippen molar-refractivity contribution in [3.63, 3.8) is 0 Å². The fourth-order valence-electron chi connectivity index (χ4n) is 1.72. The molecule has 0 aliphatic heterocycles. The third-order valence-electron chi connectivity index (χ3n) is 2.74. The molecule has 0 atom stereocenters. The van der Waals surface area contributed by atoms with Gasteiger partial charge in [-0.1, -0.05) is 24.3 Å². The minimum Gasteiger partial charge on any atom is -0.380 e. The highest BCUT2D eigenvalue weighted by molar-refractivity contribution is 7.98. The van der Waals surface area contributed by atoms with Crippen LogP contribution in [0.15, 0.2) is 53.4 Å². The molecule has 4 nitrogen and oxygen atoms in total. The molecule has 1 N–H and O–H groups in total. The molecule has 0 spiro atoms. The van der Waals surface area contributed by atoms with Gasteiger partial charge < -0.3 is 5.32 Å². The van der Waals surface area contributed by atoms with Crippen LogP contribution >= 0.6 is 11.8 Å². The Morgan fingerprint density at radius 2 is 1.84 bits per heavy atom. The summed E-state index contributed by atoms with van der Waals surface area (Å²) in [6.07, 6.45) is 2.03. The molecule has 0 aliphatic carbocycles. The minimum atomic E-state index is -0.389. The van der Waals surface area contributed by atoms with Gasteiger partial charge in [-0.2, -0.15) is 0 Å². The van der Waals surface area contributed by atoms with Gasteiger partial charge in [0, 0.05) is 29.3 Å². The van der Waals surface area contributed by atoms with Crippen LogP contribution in [0.4, 0.5) is 11.4 Å². The summed E-state index contributed by atoms with van der Waals surface area (Å²) in [5, 5.41) is 13.9. The first kappa shape index (κ1) is 13.4. The molecule has 0 aromatic heterocycles. The lowest BCUT2D eigenvalue weighted by Crippen LogP contribution is -2.00. The fourth-order valence-corrected chi connectivity index (χ4v) is 2.30. The van der Waals surface area contributed by atoms with E-state index >= 15 is 0 Å². The maximum atomic E-state index is 10.6. The topological polar surface area (TPSA) is 55.2 Å². The van der Waals surface area contributed by atoms with Crippen LogP contribution in [-0.4, -0.2) is 11.2 Å². The first-order chi connectivity index (χ1) is 9.20. The molecule has 0 bridgehead atoms. The van der Waals surface area contributed by atoms with Crippen molar-refractivity contribution in [2.24, 2.45) is 0 Å².